The maximum absolute atomic E-state index is 11.8. The highest BCUT2D eigenvalue weighted by molar-refractivity contribution is 5.80. The number of likely N-dealkylation sites (N-methyl/N-ethyl adjacent to an activating group) is 1. The van der Waals surface area contributed by atoms with Crippen LogP contribution in [0.4, 0.5) is 0 Å². The van der Waals surface area contributed by atoms with Gasteiger partial charge in [-0.25, -0.2) is 0 Å². The summed E-state index contributed by atoms with van der Waals surface area (Å²) < 4.78 is 0. The van der Waals surface area contributed by atoms with Crippen molar-refractivity contribution in [3.63, 3.8) is 0 Å². The lowest BCUT2D eigenvalue weighted by Crippen LogP contribution is -2.59. The van der Waals surface area contributed by atoms with Gasteiger partial charge in [0.25, 0.3) is 0 Å². The maximum Gasteiger partial charge on any atom is 0.325 e. The fourth-order valence-electron chi connectivity index (χ4n) is 3.70. The Morgan fingerprint density at radius 1 is 1.30 bits per heavy atom. The third-order valence-corrected chi connectivity index (χ3v) is 5.38. The molecule has 2 unspecified atom stereocenters. The SMILES string of the molecule is CNC(CN1CCCC(C(C)C)CC1)(C(=O)O)C1CC1. The van der Waals surface area contributed by atoms with Gasteiger partial charge in [0.05, 0.1) is 0 Å². The zero-order chi connectivity index (χ0) is 14.8. The first kappa shape index (κ1) is 15.8. The Morgan fingerprint density at radius 2 is 2.00 bits per heavy atom. The van der Waals surface area contributed by atoms with Crippen molar-refractivity contribution < 1.29 is 9.90 Å². The maximum atomic E-state index is 11.8. The molecule has 4 nitrogen and oxygen atoms in total. The molecule has 1 aliphatic heterocycles. The van der Waals surface area contributed by atoms with Crippen molar-refractivity contribution in [3.05, 3.63) is 0 Å². The number of likely N-dealkylation sites (tertiary alicyclic amines) is 1. The Labute approximate surface area is 122 Å². The molecule has 1 saturated heterocycles. The molecule has 2 atom stereocenters. The van der Waals surface area contributed by atoms with Gasteiger partial charge in [-0.2, -0.15) is 0 Å². The number of carbonyl (C=O) groups is 1. The number of carboxylic acids is 1. The molecular weight excluding hydrogens is 252 g/mol. The molecule has 2 fully saturated rings. The fourth-order valence-corrected chi connectivity index (χ4v) is 3.70. The Hall–Kier alpha value is -0.610. The summed E-state index contributed by atoms with van der Waals surface area (Å²) >= 11 is 0. The number of nitrogens with one attached hydrogen (secondary N) is 1. The van der Waals surface area contributed by atoms with E-state index in [1.165, 1.54) is 19.3 Å². The first-order chi connectivity index (χ1) is 9.49. The molecule has 1 aliphatic carbocycles. The van der Waals surface area contributed by atoms with Crippen LogP contribution in [0.15, 0.2) is 0 Å². The summed E-state index contributed by atoms with van der Waals surface area (Å²) in [7, 11) is 1.81. The Bertz CT molecular complexity index is 341. The van der Waals surface area contributed by atoms with Crippen molar-refractivity contribution >= 4 is 5.97 Å². The van der Waals surface area contributed by atoms with Gasteiger partial charge in [-0.05, 0) is 70.0 Å². The van der Waals surface area contributed by atoms with E-state index in [0.29, 0.717) is 12.5 Å². The fraction of sp³-hybridized carbons (Fsp3) is 0.938. The highest BCUT2D eigenvalue weighted by atomic mass is 16.4. The summed E-state index contributed by atoms with van der Waals surface area (Å²) in [6.45, 7) is 7.37. The first-order valence-electron chi connectivity index (χ1n) is 8.14. The second-order valence-corrected chi connectivity index (χ2v) is 7.01. The van der Waals surface area contributed by atoms with E-state index < -0.39 is 11.5 Å². The molecule has 2 N–H and O–H groups in total. The van der Waals surface area contributed by atoms with Gasteiger partial charge < -0.3 is 15.3 Å². The van der Waals surface area contributed by atoms with Crippen molar-refractivity contribution in [3.8, 4) is 0 Å². The van der Waals surface area contributed by atoms with E-state index in [4.69, 9.17) is 0 Å². The van der Waals surface area contributed by atoms with Gasteiger partial charge in [-0.15, -0.1) is 0 Å². The van der Waals surface area contributed by atoms with Gasteiger partial charge >= 0.3 is 5.97 Å². The summed E-state index contributed by atoms with van der Waals surface area (Å²) in [5.41, 5.74) is -0.725. The largest absolute Gasteiger partial charge is 0.480 e. The summed E-state index contributed by atoms with van der Waals surface area (Å²) in [5.74, 6) is 1.18. The lowest BCUT2D eigenvalue weighted by atomic mass is 9.89. The van der Waals surface area contributed by atoms with Gasteiger partial charge in [-0.3, -0.25) is 4.79 Å². The summed E-state index contributed by atoms with van der Waals surface area (Å²) in [5, 5.41) is 12.8. The van der Waals surface area contributed by atoms with Crippen LogP contribution in [0.1, 0.15) is 46.0 Å². The van der Waals surface area contributed by atoms with Gasteiger partial charge in [0.1, 0.15) is 5.54 Å². The van der Waals surface area contributed by atoms with Crippen LogP contribution in [0.5, 0.6) is 0 Å². The van der Waals surface area contributed by atoms with Gasteiger partial charge in [0, 0.05) is 6.54 Å². The highest BCUT2D eigenvalue weighted by Crippen LogP contribution is 2.40. The summed E-state index contributed by atoms with van der Waals surface area (Å²) in [4.78, 5) is 14.2. The van der Waals surface area contributed by atoms with E-state index in [9.17, 15) is 9.90 Å². The lowest BCUT2D eigenvalue weighted by molar-refractivity contribution is -0.146. The highest BCUT2D eigenvalue weighted by Gasteiger charge is 2.51. The van der Waals surface area contributed by atoms with Gasteiger partial charge in [0.15, 0.2) is 0 Å². The lowest BCUT2D eigenvalue weighted by Gasteiger charge is -2.35. The second-order valence-electron chi connectivity index (χ2n) is 7.01. The van der Waals surface area contributed by atoms with Crippen LogP contribution in [0.3, 0.4) is 0 Å². The van der Waals surface area contributed by atoms with Crippen molar-refractivity contribution in [1.82, 2.24) is 10.2 Å². The minimum Gasteiger partial charge on any atom is -0.480 e. The predicted molar refractivity (Wildman–Crippen MR) is 80.8 cm³/mol. The molecule has 0 aromatic heterocycles. The number of rotatable bonds is 6. The van der Waals surface area contributed by atoms with Crippen LogP contribution in [0, 0.1) is 17.8 Å². The molecule has 0 radical (unpaired) electrons. The van der Waals surface area contributed by atoms with Crippen molar-refractivity contribution in [2.75, 3.05) is 26.7 Å². The molecule has 1 saturated carbocycles. The minimum absolute atomic E-state index is 0.314. The van der Waals surface area contributed by atoms with E-state index in [2.05, 4.69) is 24.1 Å². The number of nitrogens with zero attached hydrogens (tertiary/aromatic N) is 1. The quantitative estimate of drug-likeness (QED) is 0.784. The van der Waals surface area contributed by atoms with Crippen LogP contribution in [-0.4, -0.2) is 48.2 Å². The zero-order valence-electron chi connectivity index (χ0n) is 13.2. The first-order valence-corrected chi connectivity index (χ1v) is 8.14. The second kappa shape index (κ2) is 6.44. The van der Waals surface area contributed by atoms with Crippen LogP contribution < -0.4 is 5.32 Å². The molecular formula is C16H30N2O2. The van der Waals surface area contributed by atoms with E-state index in [1.54, 1.807) is 7.05 Å². The third-order valence-electron chi connectivity index (χ3n) is 5.38. The summed E-state index contributed by atoms with van der Waals surface area (Å²) in [6.07, 6.45) is 5.80. The molecule has 0 bridgehead atoms. The average molecular weight is 282 g/mol. The monoisotopic (exact) mass is 282 g/mol. The Balaban J connectivity index is 1.99. The number of hydrogen-bond acceptors (Lipinski definition) is 3. The molecule has 1 heterocycles. The average Bonchev–Trinajstić information content (AvgIpc) is 3.22. The molecule has 0 aromatic carbocycles. The smallest absolute Gasteiger partial charge is 0.325 e. The molecule has 0 spiro atoms. The molecule has 4 heteroatoms. The van der Waals surface area contributed by atoms with Crippen LogP contribution in [-0.2, 0) is 4.79 Å². The van der Waals surface area contributed by atoms with Gasteiger partial charge in [-0.1, -0.05) is 13.8 Å². The van der Waals surface area contributed by atoms with Crippen LogP contribution in [0.25, 0.3) is 0 Å². The number of hydrogen-bond donors (Lipinski definition) is 2. The Kier molecular flexibility index (Phi) is 5.08. The van der Waals surface area contributed by atoms with Crippen LogP contribution >= 0.6 is 0 Å². The standard InChI is InChI=1S/C16H30N2O2/c1-12(2)13-5-4-9-18(10-8-13)11-16(17-3,15(19)20)14-6-7-14/h12-14,17H,4-11H2,1-3H3,(H,19,20). The number of aliphatic carboxylic acids is 1. The number of carboxylic acid groups (broad SMARTS) is 1. The van der Waals surface area contributed by atoms with Gasteiger partial charge in [0.2, 0.25) is 0 Å². The molecule has 2 rings (SSSR count). The van der Waals surface area contributed by atoms with E-state index in [-0.39, 0.29) is 0 Å². The van der Waals surface area contributed by atoms with Crippen molar-refractivity contribution in [1.29, 1.82) is 0 Å². The van der Waals surface area contributed by atoms with E-state index in [1.807, 2.05) is 0 Å². The molecule has 2 aliphatic rings. The Morgan fingerprint density at radius 3 is 2.50 bits per heavy atom. The van der Waals surface area contributed by atoms with Crippen LogP contribution in [0.2, 0.25) is 0 Å². The predicted octanol–water partition coefficient (Wildman–Crippen LogP) is 2.20. The molecule has 116 valence electrons. The zero-order valence-corrected chi connectivity index (χ0v) is 13.2. The van der Waals surface area contributed by atoms with Crippen molar-refractivity contribution in [2.45, 2.75) is 51.5 Å². The molecule has 0 aromatic rings. The van der Waals surface area contributed by atoms with E-state index in [0.717, 1.165) is 37.8 Å². The van der Waals surface area contributed by atoms with E-state index >= 15 is 0 Å². The molecule has 20 heavy (non-hydrogen) atoms. The summed E-state index contributed by atoms with van der Waals surface area (Å²) in [6, 6.07) is 0. The minimum atomic E-state index is -0.725. The topological polar surface area (TPSA) is 52.6 Å². The normalized spacial score (nSPS) is 28.1. The van der Waals surface area contributed by atoms with Crippen molar-refractivity contribution in [2.24, 2.45) is 17.8 Å². The molecule has 0 amide bonds. The third kappa shape index (κ3) is 3.34.